The molecule has 2 aliphatic heterocycles. The zero-order valence-electron chi connectivity index (χ0n) is 21.1. The minimum atomic E-state index is -0.849. The summed E-state index contributed by atoms with van der Waals surface area (Å²) in [6, 6.07) is 7.43. The number of hydrogen-bond acceptors (Lipinski definition) is 7. The second-order valence-electron chi connectivity index (χ2n) is 9.47. The van der Waals surface area contributed by atoms with Crippen molar-refractivity contribution in [3.8, 4) is 5.75 Å². The number of nitrogens with zero attached hydrogens (tertiary/aromatic N) is 4. The highest BCUT2D eigenvalue weighted by Crippen LogP contribution is 2.41. The summed E-state index contributed by atoms with van der Waals surface area (Å²) in [7, 11) is 0. The molecule has 194 valence electrons. The lowest BCUT2D eigenvalue weighted by Crippen LogP contribution is -2.44. The monoisotopic (exact) mass is 496 g/mol. The fraction of sp³-hybridized carbons (Fsp3) is 0.556. The molecule has 1 N–H and O–H groups in total. The molecule has 0 radical (unpaired) electrons. The molecular formula is C27H36N4O5. The van der Waals surface area contributed by atoms with Gasteiger partial charge in [-0.2, -0.15) is 0 Å². The van der Waals surface area contributed by atoms with Crippen LogP contribution in [0.3, 0.4) is 0 Å². The van der Waals surface area contributed by atoms with E-state index in [9.17, 15) is 14.7 Å². The van der Waals surface area contributed by atoms with Gasteiger partial charge in [-0.1, -0.05) is 26.0 Å². The average Bonchev–Trinajstić information content (AvgIpc) is 3.50. The third-order valence-electron chi connectivity index (χ3n) is 6.95. The average molecular weight is 497 g/mol. The number of aliphatic carboxylic acids is 1. The predicted molar refractivity (Wildman–Crippen MR) is 133 cm³/mol. The standard InChI is InChI=1S/C27H36N4O5/c1-3-13-31(36-14-4-2)25(32)18-30-17-21(19-6-8-23-20(16-19)10-15-35-23)26(27(33)34)22(30)7-9-24-28-11-5-12-29-24/h5-6,8,11-12,16,21-22,26H,3-4,7,9-10,13-15,17-18H2,1-2H3,(H,33,34)/t21-,22+,26?/m1/s1. The molecule has 2 aliphatic rings. The molecule has 9 nitrogen and oxygen atoms in total. The van der Waals surface area contributed by atoms with Gasteiger partial charge in [-0.3, -0.25) is 19.3 Å². The molecule has 4 rings (SSSR count). The minimum absolute atomic E-state index is 0.109. The number of rotatable bonds is 12. The molecule has 1 fully saturated rings. The predicted octanol–water partition coefficient (Wildman–Crippen LogP) is 3.09. The molecule has 1 saturated heterocycles. The van der Waals surface area contributed by atoms with Gasteiger partial charge in [0.15, 0.2) is 0 Å². The van der Waals surface area contributed by atoms with Crippen LogP contribution in [0.2, 0.25) is 0 Å². The van der Waals surface area contributed by atoms with E-state index >= 15 is 0 Å². The van der Waals surface area contributed by atoms with Gasteiger partial charge >= 0.3 is 5.97 Å². The summed E-state index contributed by atoms with van der Waals surface area (Å²) in [6.07, 6.45) is 6.87. The zero-order chi connectivity index (χ0) is 25.5. The molecule has 2 aromatic rings. The summed E-state index contributed by atoms with van der Waals surface area (Å²) in [4.78, 5) is 42.3. The van der Waals surface area contributed by atoms with Crippen LogP contribution >= 0.6 is 0 Å². The summed E-state index contributed by atoms with van der Waals surface area (Å²) >= 11 is 0. The SMILES string of the molecule is CCCON(CCC)C(=O)CN1C[C@H](c2ccc3c(c2)CCO3)C(C(=O)O)[C@@H]1CCc1ncccn1. The number of carboxylic acids is 1. The number of ether oxygens (including phenoxy) is 1. The van der Waals surface area contributed by atoms with Crippen molar-refractivity contribution in [2.45, 2.75) is 57.9 Å². The van der Waals surface area contributed by atoms with Crippen molar-refractivity contribution in [1.82, 2.24) is 19.9 Å². The Morgan fingerprint density at radius 1 is 1.22 bits per heavy atom. The quantitative estimate of drug-likeness (QED) is 0.447. The van der Waals surface area contributed by atoms with Crippen LogP contribution in [0.1, 0.15) is 56.0 Å². The van der Waals surface area contributed by atoms with Crippen molar-refractivity contribution in [3.63, 3.8) is 0 Å². The topological polar surface area (TPSA) is 105 Å². The van der Waals surface area contributed by atoms with E-state index in [0.717, 1.165) is 36.1 Å². The van der Waals surface area contributed by atoms with Gasteiger partial charge in [-0.25, -0.2) is 15.0 Å². The minimum Gasteiger partial charge on any atom is -0.493 e. The van der Waals surface area contributed by atoms with Gasteiger partial charge in [0.1, 0.15) is 11.6 Å². The number of likely N-dealkylation sites (tertiary alicyclic amines) is 1. The molecule has 3 atom stereocenters. The molecule has 0 spiro atoms. The van der Waals surface area contributed by atoms with E-state index in [0.29, 0.717) is 45.0 Å². The maximum absolute atomic E-state index is 13.3. The Kier molecular flexibility index (Phi) is 8.88. The third kappa shape index (κ3) is 6.02. The van der Waals surface area contributed by atoms with Gasteiger partial charge in [0.2, 0.25) is 0 Å². The van der Waals surface area contributed by atoms with E-state index in [1.165, 1.54) is 5.06 Å². The summed E-state index contributed by atoms with van der Waals surface area (Å²) in [5.74, 6) is -0.337. The van der Waals surface area contributed by atoms with E-state index in [-0.39, 0.29) is 24.4 Å². The molecule has 36 heavy (non-hydrogen) atoms. The first-order valence-corrected chi connectivity index (χ1v) is 12.9. The van der Waals surface area contributed by atoms with Crippen LogP contribution in [0, 0.1) is 5.92 Å². The van der Waals surface area contributed by atoms with Gasteiger partial charge in [-0.05, 0) is 42.5 Å². The second-order valence-corrected chi connectivity index (χ2v) is 9.47. The third-order valence-corrected chi connectivity index (χ3v) is 6.95. The largest absolute Gasteiger partial charge is 0.493 e. The highest BCUT2D eigenvalue weighted by atomic mass is 16.7. The first-order chi connectivity index (χ1) is 17.5. The Balaban J connectivity index is 1.59. The van der Waals surface area contributed by atoms with Crippen molar-refractivity contribution in [3.05, 3.63) is 53.6 Å². The van der Waals surface area contributed by atoms with Gasteiger partial charge in [0.25, 0.3) is 5.91 Å². The number of benzene rings is 1. The van der Waals surface area contributed by atoms with Crippen LogP contribution in [0.15, 0.2) is 36.7 Å². The molecule has 0 saturated carbocycles. The highest BCUT2D eigenvalue weighted by molar-refractivity contribution is 5.78. The van der Waals surface area contributed by atoms with Gasteiger partial charge in [0, 0.05) is 50.3 Å². The highest BCUT2D eigenvalue weighted by Gasteiger charge is 2.47. The lowest BCUT2D eigenvalue weighted by atomic mass is 9.83. The molecule has 3 heterocycles. The summed E-state index contributed by atoms with van der Waals surface area (Å²) in [5.41, 5.74) is 2.10. The molecule has 0 bridgehead atoms. The summed E-state index contributed by atoms with van der Waals surface area (Å²) < 4.78 is 5.65. The number of amides is 1. The fourth-order valence-corrected chi connectivity index (χ4v) is 5.28. The molecule has 1 aromatic carbocycles. The maximum Gasteiger partial charge on any atom is 0.308 e. The number of fused-ring (bicyclic) bond motifs is 1. The normalized spacial score (nSPS) is 21.2. The van der Waals surface area contributed by atoms with Crippen molar-refractivity contribution in [2.75, 3.05) is 32.8 Å². The maximum atomic E-state index is 13.3. The van der Waals surface area contributed by atoms with Gasteiger partial charge in [0.05, 0.1) is 25.7 Å². The van der Waals surface area contributed by atoms with E-state index in [2.05, 4.69) is 16.0 Å². The Morgan fingerprint density at radius 3 is 2.75 bits per heavy atom. The first-order valence-electron chi connectivity index (χ1n) is 12.9. The number of hydroxylamine groups is 2. The van der Waals surface area contributed by atoms with E-state index in [1.54, 1.807) is 18.5 Å². The van der Waals surface area contributed by atoms with Crippen molar-refractivity contribution in [1.29, 1.82) is 0 Å². The van der Waals surface area contributed by atoms with Crippen LogP contribution in [0.25, 0.3) is 0 Å². The van der Waals surface area contributed by atoms with Crippen LogP contribution in [0.5, 0.6) is 5.75 Å². The van der Waals surface area contributed by atoms with E-state index in [1.807, 2.05) is 30.9 Å². The van der Waals surface area contributed by atoms with Crippen LogP contribution in [-0.2, 0) is 27.3 Å². The zero-order valence-corrected chi connectivity index (χ0v) is 21.1. The Bertz CT molecular complexity index is 1030. The van der Waals surface area contributed by atoms with Crippen molar-refractivity contribution >= 4 is 11.9 Å². The number of carboxylic acid groups (broad SMARTS) is 1. The smallest absolute Gasteiger partial charge is 0.308 e. The van der Waals surface area contributed by atoms with Crippen LogP contribution < -0.4 is 4.74 Å². The summed E-state index contributed by atoms with van der Waals surface area (Å²) in [6.45, 7) is 6.22. The van der Waals surface area contributed by atoms with Crippen molar-refractivity contribution < 1.29 is 24.3 Å². The van der Waals surface area contributed by atoms with E-state index in [4.69, 9.17) is 9.57 Å². The van der Waals surface area contributed by atoms with Gasteiger partial charge < -0.3 is 9.84 Å². The summed E-state index contributed by atoms with van der Waals surface area (Å²) in [5, 5.41) is 11.8. The number of aryl methyl sites for hydroxylation is 1. The number of aromatic nitrogens is 2. The molecule has 9 heteroatoms. The second kappa shape index (κ2) is 12.3. The Hall–Kier alpha value is -3.04. The number of carbonyl (C=O) groups is 2. The lowest BCUT2D eigenvalue weighted by molar-refractivity contribution is -0.188. The van der Waals surface area contributed by atoms with Crippen molar-refractivity contribution in [2.24, 2.45) is 5.92 Å². The lowest BCUT2D eigenvalue weighted by Gasteiger charge is -2.29. The van der Waals surface area contributed by atoms with E-state index < -0.39 is 11.9 Å². The number of carbonyl (C=O) groups excluding carboxylic acids is 1. The molecule has 1 unspecified atom stereocenters. The van der Waals surface area contributed by atoms with Crippen LogP contribution in [-0.4, -0.2) is 75.8 Å². The first kappa shape index (κ1) is 26.0. The molecule has 0 aliphatic carbocycles. The Morgan fingerprint density at radius 2 is 2.03 bits per heavy atom. The van der Waals surface area contributed by atoms with Gasteiger partial charge in [-0.15, -0.1) is 0 Å². The molecular weight excluding hydrogens is 460 g/mol. The Labute approximate surface area is 212 Å². The number of hydrogen-bond donors (Lipinski definition) is 1. The molecule has 1 amide bonds. The fourth-order valence-electron chi connectivity index (χ4n) is 5.28. The molecule has 1 aromatic heterocycles. The van der Waals surface area contributed by atoms with Crippen LogP contribution in [0.4, 0.5) is 0 Å².